The van der Waals surface area contributed by atoms with Crippen molar-refractivity contribution in [3.8, 4) is 6.07 Å². The number of carboxylic acid groups (broad SMARTS) is 1. The molecule has 0 spiro atoms. The van der Waals surface area contributed by atoms with E-state index in [4.69, 9.17) is 11.0 Å². The molecule has 0 saturated heterocycles. The number of hydrogen-bond acceptors (Lipinski definition) is 4. The third-order valence-electron chi connectivity index (χ3n) is 2.73. The molecule has 0 aliphatic rings. The first-order valence-electron chi connectivity index (χ1n) is 5.44. The van der Waals surface area contributed by atoms with Gasteiger partial charge in [0.15, 0.2) is 0 Å². The van der Waals surface area contributed by atoms with Gasteiger partial charge in [-0.2, -0.15) is 5.26 Å². The van der Waals surface area contributed by atoms with Gasteiger partial charge in [-0.05, 0) is 12.1 Å². The molecule has 1 heterocycles. The Balaban J connectivity index is 2.68. The second kappa shape index (κ2) is 4.85. The second-order valence-corrected chi connectivity index (χ2v) is 3.81. The number of aromatic nitrogens is 2. The van der Waals surface area contributed by atoms with Crippen molar-refractivity contribution in [3.05, 3.63) is 30.1 Å². The first kappa shape index (κ1) is 12.1. The summed E-state index contributed by atoms with van der Waals surface area (Å²) in [6.45, 7) is -0.0475. The monoisotopic (exact) mass is 244 g/mol. The summed E-state index contributed by atoms with van der Waals surface area (Å²) in [5.74, 6) is -0.601. The van der Waals surface area contributed by atoms with E-state index in [1.165, 1.54) is 4.57 Å². The van der Waals surface area contributed by atoms with E-state index >= 15 is 0 Å². The van der Waals surface area contributed by atoms with Crippen molar-refractivity contribution in [2.75, 3.05) is 6.54 Å². The third kappa shape index (κ3) is 1.92. The zero-order chi connectivity index (χ0) is 13.1. The molecule has 1 unspecified atom stereocenters. The molecule has 1 aromatic heterocycles. The van der Waals surface area contributed by atoms with Gasteiger partial charge in [-0.1, -0.05) is 12.1 Å². The van der Waals surface area contributed by atoms with E-state index in [1.54, 1.807) is 18.2 Å². The predicted octanol–water partition coefficient (Wildman–Crippen LogP) is 0.687. The smallest absolute Gasteiger partial charge is 0.328 e. The zero-order valence-corrected chi connectivity index (χ0v) is 9.58. The van der Waals surface area contributed by atoms with Crippen LogP contribution in [0.2, 0.25) is 0 Å². The molecule has 1 atom stereocenters. The molecule has 6 nitrogen and oxygen atoms in total. The number of nitrogens with zero attached hydrogens (tertiary/aromatic N) is 3. The van der Waals surface area contributed by atoms with Crippen molar-refractivity contribution in [2.24, 2.45) is 5.73 Å². The fourth-order valence-corrected chi connectivity index (χ4v) is 1.95. The molecule has 0 radical (unpaired) electrons. The first-order chi connectivity index (χ1) is 8.69. The lowest BCUT2D eigenvalue weighted by Crippen LogP contribution is -2.28. The third-order valence-corrected chi connectivity index (χ3v) is 2.73. The summed E-state index contributed by atoms with van der Waals surface area (Å²) in [6.07, 6.45) is 0.0540. The van der Waals surface area contributed by atoms with Crippen LogP contribution in [-0.4, -0.2) is 27.2 Å². The highest BCUT2D eigenvalue weighted by Crippen LogP contribution is 2.21. The molecule has 2 rings (SSSR count). The van der Waals surface area contributed by atoms with Gasteiger partial charge in [-0.25, -0.2) is 9.78 Å². The van der Waals surface area contributed by atoms with Crippen LogP contribution in [0.1, 0.15) is 11.9 Å². The molecule has 0 saturated carbocycles. The summed E-state index contributed by atoms with van der Waals surface area (Å²) < 4.78 is 1.53. The Morgan fingerprint density at radius 3 is 2.89 bits per heavy atom. The molecule has 0 aliphatic carbocycles. The van der Waals surface area contributed by atoms with Crippen LogP contribution in [0.15, 0.2) is 24.3 Å². The number of hydrogen-bond donors (Lipinski definition) is 2. The number of para-hydroxylation sites is 2. The van der Waals surface area contributed by atoms with Gasteiger partial charge in [-0.15, -0.1) is 0 Å². The average Bonchev–Trinajstić information content (AvgIpc) is 2.69. The maximum absolute atomic E-state index is 11.2. The van der Waals surface area contributed by atoms with Crippen LogP contribution in [0, 0.1) is 11.3 Å². The Labute approximate surface area is 103 Å². The van der Waals surface area contributed by atoms with Crippen molar-refractivity contribution in [2.45, 2.75) is 12.5 Å². The van der Waals surface area contributed by atoms with Gasteiger partial charge >= 0.3 is 5.97 Å². The Bertz CT molecular complexity index is 627. The lowest BCUT2D eigenvalue weighted by Gasteiger charge is -2.15. The molecule has 3 N–H and O–H groups in total. The molecule has 0 aliphatic heterocycles. The van der Waals surface area contributed by atoms with Crippen LogP contribution in [0.25, 0.3) is 11.0 Å². The van der Waals surface area contributed by atoms with Crippen LogP contribution in [-0.2, 0) is 11.2 Å². The van der Waals surface area contributed by atoms with Crippen LogP contribution < -0.4 is 5.73 Å². The molecular formula is C12H12N4O2. The van der Waals surface area contributed by atoms with Gasteiger partial charge in [0.1, 0.15) is 11.9 Å². The van der Waals surface area contributed by atoms with Gasteiger partial charge in [0.2, 0.25) is 0 Å². The second-order valence-electron chi connectivity index (χ2n) is 3.81. The molecule has 0 amide bonds. The standard InChI is InChI=1S/C12H12N4O2/c13-6-5-11-15-8-3-1-2-4-9(8)16(11)10(7-14)12(17)18/h1-4,10H,5,7,14H2,(H,17,18). The highest BCUT2D eigenvalue weighted by Gasteiger charge is 2.23. The molecule has 6 heteroatoms. The van der Waals surface area contributed by atoms with Crippen LogP contribution >= 0.6 is 0 Å². The minimum Gasteiger partial charge on any atom is -0.480 e. The fraction of sp³-hybridized carbons (Fsp3) is 0.250. The lowest BCUT2D eigenvalue weighted by molar-refractivity contribution is -0.140. The molecular weight excluding hydrogens is 232 g/mol. The minimum atomic E-state index is -1.03. The van der Waals surface area contributed by atoms with Crippen molar-refractivity contribution >= 4 is 17.0 Å². The van der Waals surface area contributed by atoms with Crippen LogP contribution in [0.3, 0.4) is 0 Å². The van der Waals surface area contributed by atoms with E-state index in [-0.39, 0.29) is 13.0 Å². The normalized spacial score (nSPS) is 12.2. The van der Waals surface area contributed by atoms with Gasteiger partial charge in [-0.3, -0.25) is 0 Å². The topological polar surface area (TPSA) is 105 Å². The molecule has 0 fully saturated rings. The fourth-order valence-electron chi connectivity index (χ4n) is 1.95. The number of imidazole rings is 1. The first-order valence-corrected chi connectivity index (χ1v) is 5.44. The zero-order valence-electron chi connectivity index (χ0n) is 9.58. The van der Waals surface area contributed by atoms with Crippen molar-refractivity contribution in [1.82, 2.24) is 9.55 Å². The van der Waals surface area contributed by atoms with Gasteiger partial charge in [0.05, 0.1) is 23.5 Å². The molecule has 18 heavy (non-hydrogen) atoms. The van der Waals surface area contributed by atoms with Crippen LogP contribution in [0.5, 0.6) is 0 Å². The molecule has 2 aromatic rings. The SMILES string of the molecule is N#CCc1nc2ccccc2n1C(CN)C(=O)O. The highest BCUT2D eigenvalue weighted by atomic mass is 16.4. The molecule has 92 valence electrons. The summed E-state index contributed by atoms with van der Waals surface area (Å²) in [5.41, 5.74) is 6.86. The number of carboxylic acids is 1. The van der Waals surface area contributed by atoms with Gasteiger partial charge in [0.25, 0.3) is 0 Å². The Kier molecular flexibility index (Phi) is 3.26. The number of nitriles is 1. The molecule has 1 aromatic carbocycles. The maximum atomic E-state index is 11.2. The Morgan fingerprint density at radius 1 is 1.56 bits per heavy atom. The van der Waals surface area contributed by atoms with Gasteiger partial charge < -0.3 is 15.4 Å². The summed E-state index contributed by atoms with van der Waals surface area (Å²) in [5, 5.41) is 18.0. The quantitative estimate of drug-likeness (QED) is 0.823. The number of rotatable bonds is 4. The summed E-state index contributed by atoms with van der Waals surface area (Å²) >= 11 is 0. The number of carbonyl (C=O) groups is 1. The Morgan fingerprint density at radius 2 is 2.28 bits per heavy atom. The number of aliphatic carboxylic acids is 1. The van der Waals surface area contributed by atoms with Crippen molar-refractivity contribution < 1.29 is 9.90 Å². The summed E-state index contributed by atoms with van der Waals surface area (Å²) in [6, 6.07) is 8.25. The minimum absolute atomic E-state index is 0.0475. The molecule has 0 bridgehead atoms. The Hall–Kier alpha value is -2.39. The highest BCUT2D eigenvalue weighted by molar-refractivity contribution is 5.80. The van der Waals surface area contributed by atoms with E-state index < -0.39 is 12.0 Å². The summed E-state index contributed by atoms with van der Waals surface area (Å²) in [4.78, 5) is 15.5. The largest absolute Gasteiger partial charge is 0.480 e. The lowest BCUT2D eigenvalue weighted by atomic mass is 10.2. The van der Waals surface area contributed by atoms with E-state index in [9.17, 15) is 9.90 Å². The predicted molar refractivity (Wildman–Crippen MR) is 64.8 cm³/mol. The van der Waals surface area contributed by atoms with E-state index in [2.05, 4.69) is 4.98 Å². The summed E-state index contributed by atoms with van der Waals surface area (Å²) in [7, 11) is 0. The van der Waals surface area contributed by atoms with Crippen LogP contribution in [0.4, 0.5) is 0 Å². The van der Waals surface area contributed by atoms with E-state index in [0.29, 0.717) is 16.9 Å². The number of nitrogens with two attached hydrogens (primary N) is 1. The number of benzene rings is 1. The van der Waals surface area contributed by atoms with Crippen molar-refractivity contribution in [1.29, 1.82) is 5.26 Å². The van der Waals surface area contributed by atoms with E-state index in [0.717, 1.165) is 0 Å². The van der Waals surface area contributed by atoms with Gasteiger partial charge in [0, 0.05) is 6.54 Å². The average molecular weight is 244 g/mol. The van der Waals surface area contributed by atoms with E-state index in [1.807, 2.05) is 12.1 Å². The maximum Gasteiger partial charge on any atom is 0.328 e. The number of fused-ring (bicyclic) bond motifs is 1. The van der Waals surface area contributed by atoms with Crippen molar-refractivity contribution in [3.63, 3.8) is 0 Å².